The lowest BCUT2D eigenvalue weighted by molar-refractivity contribution is -0.122. The number of nitrogens with one attached hydrogen (secondary N) is 1. The van der Waals surface area contributed by atoms with Crippen LogP contribution in [0.2, 0.25) is 0 Å². The van der Waals surface area contributed by atoms with Crippen molar-refractivity contribution in [3.05, 3.63) is 12.3 Å². The Balaban J connectivity index is 2.30. The molecule has 0 saturated carbocycles. The fourth-order valence-corrected chi connectivity index (χ4v) is 1.01. The number of nitrogens with two attached hydrogens (primary N) is 1. The molecule has 0 radical (unpaired) electrons. The van der Waals surface area contributed by atoms with E-state index in [1.807, 2.05) is 6.92 Å². The number of rotatable bonds is 5. The van der Waals surface area contributed by atoms with Gasteiger partial charge in [0.2, 0.25) is 5.91 Å². The minimum atomic E-state index is -0.109. The molecule has 6 nitrogen and oxygen atoms in total. The molecule has 1 aromatic heterocycles. The highest BCUT2D eigenvalue weighted by molar-refractivity contribution is 5.75. The van der Waals surface area contributed by atoms with Crippen LogP contribution < -0.4 is 11.1 Å². The number of hydrogen-bond acceptors (Lipinski definition) is 4. The van der Waals surface area contributed by atoms with E-state index in [1.165, 1.54) is 4.68 Å². The van der Waals surface area contributed by atoms with E-state index in [0.717, 1.165) is 0 Å². The number of hydrogen-bond donors (Lipinski definition) is 2. The quantitative estimate of drug-likeness (QED) is 0.696. The number of nitrogens with zero attached hydrogens (tertiary/aromatic N) is 2. The first-order valence-electron chi connectivity index (χ1n) is 4.70. The third-order valence-electron chi connectivity index (χ3n) is 1.96. The second-order valence-corrected chi connectivity index (χ2v) is 3.29. The summed E-state index contributed by atoms with van der Waals surface area (Å²) >= 11 is 0. The molecule has 1 rings (SSSR count). The second-order valence-electron chi connectivity index (χ2n) is 3.29. The Morgan fingerprint density at radius 2 is 2.53 bits per heavy atom. The minimum Gasteiger partial charge on any atom is -0.382 e. The van der Waals surface area contributed by atoms with Crippen LogP contribution in [0.15, 0.2) is 12.3 Å². The molecule has 0 aliphatic heterocycles. The number of nitrogen functional groups attached to an aromatic ring is 1. The van der Waals surface area contributed by atoms with Gasteiger partial charge >= 0.3 is 0 Å². The van der Waals surface area contributed by atoms with Gasteiger partial charge in [-0.1, -0.05) is 0 Å². The summed E-state index contributed by atoms with van der Waals surface area (Å²) in [4.78, 5) is 11.4. The molecule has 0 aliphatic rings. The van der Waals surface area contributed by atoms with Gasteiger partial charge < -0.3 is 15.8 Å². The van der Waals surface area contributed by atoms with E-state index >= 15 is 0 Å². The zero-order valence-corrected chi connectivity index (χ0v) is 8.93. The van der Waals surface area contributed by atoms with Crippen LogP contribution in [-0.2, 0) is 16.1 Å². The summed E-state index contributed by atoms with van der Waals surface area (Å²) in [5.74, 6) is 0.301. The molecule has 84 valence electrons. The number of anilines is 1. The molecule has 1 atom stereocenters. The predicted octanol–water partition coefficient (Wildman–Crippen LogP) is -0.384. The van der Waals surface area contributed by atoms with Crippen LogP contribution in [-0.4, -0.2) is 35.4 Å². The van der Waals surface area contributed by atoms with Crippen LogP contribution >= 0.6 is 0 Å². The number of ether oxygens (including phenoxy) is 1. The molecule has 1 amide bonds. The average molecular weight is 212 g/mol. The lowest BCUT2D eigenvalue weighted by Crippen LogP contribution is -2.34. The molecule has 0 saturated heterocycles. The lowest BCUT2D eigenvalue weighted by atomic mass is 10.4. The molecule has 0 spiro atoms. The highest BCUT2D eigenvalue weighted by Crippen LogP contribution is 1.95. The van der Waals surface area contributed by atoms with Crippen LogP contribution in [0.4, 0.5) is 5.82 Å². The molecular weight excluding hydrogens is 196 g/mol. The van der Waals surface area contributed by atoms with Crippen LogP contribution in [0.1, 0.15) is 6.92 Å². The van der Waals surface area contributed by atoms with Crippen molar-refractivity contribution < 1.29 is 9.53 Å². The molecule has 0 fully saturated rings. The van der Waals surface area contributed by atoms with Gasteiger partial charge in [-0.2, -0.15) is 5.10 Å². The number of carbonyl (C=O) groups excluding carboxylic acids is 1. The van der Waals surface area contributed by atoms with E-state index in [4.69, 9.17) is 10.5 Å². The van der Waals surface area contributed by atoms with Gasteiger partial charge in [0.25, 0.3) is 0 Å². The van der Waals surface area contributed by atoms with E-state index in [2.05, 4.69) is 10.4 Å². The SMILES string of the molecule is COC(C)CNC(=O)Cn1ccc(N)n1. The molecule has 15 heavy (non-hydrogen) atoms. The van der Waals surface area contributed by atoms with Gasteiger partial charge in [-0.05, 0) is 13.0 Å². The summed E-state index contributed by atoms with van der Waals surface area (Å²) in [6, 6.07) is 1.64. The first kappa shape index (κ1) is 11.5. The van der Waals surface area contributed by atoms with E-state index in [0.29, 0.717) is 12.4 Å². The summed E-state index contributed by atoms with van der Waals surface area (Å²) in [7, 11) is 1.60. The van der Waals surface area contributed by atoms with Gasteiger partial charge in [-0.25, -0.2) is 0 Å². The van der Waals surface area contributed by atoms with E-state index in [1.54, 1.807) is 19.4 Å². The first-order valence-corrected chi connectivity index (χ1v) is 4.70. The van der Waals surface area contributed by atoms with E-state index in [9.17, 15) is 4.79 Å². The number of methoxy groups -OCH3 is 1. The Bertz CT molecular complexity index is 324. The van der Waals surface area contributed by atoms with Crippen LogP contribution in [0.5, 0.6) is 0 Å². The van der Waals surface area contributed by atoms with Gasteiger partial charge in [0.15, 0.2) is 0 Å². The van der Waals surface area contributed by atoms with Crippen LogP contribution in [0, 0.1) is 0 Å². The Labute approximate surface area is 88.4 Å². The molecular formula is C9H16N4O2. The second kappa shape index (κ2) is 5.35. The third kappa shape index (κ3) is 3.99. The van der Waals surface area contributed by atoms with Crippen LogP contribution in [0.25, 0.3) is 0 Å². The summed E-state index contributed by atoms with van der Waals surface area (Å²) in [5, 5.41) is 6.63. The predicted molar refractivity (Wildman–Crippen MR) is 56.1 cm³/mol. The highest BCUT2D eigenvalue weighted by atomic mass is 16.5. The van der Waals surface area contributed by atoms with Crippen molar-refractivity contribution in [2.24, 2.45) is 0 Å². The first-order chi connectivity index (χ1) is 7.11. The summed E-state index contributed by atoms with van der Waals surface area (Å²) in [6.07, 6.45) is 1.67. The highest BCUT2D eigenvalue weighted by Gasteiger charge is 2.05. The Morgan fingerprint density at radius 3 is 3.07 bits per heavy atom. The van der Waals surface area contributed by atoms with Gasteiger partial charge in [0.1, 0.15) is 12.4 Å². The summed E-state index contributed by atoms with van der Waals surface area (Å²) in [5.41, 5.74) is 5.41. The Kier molecular flexibility index (Phi) is 4.11. The maximum Gasteiger partial charge on any atom is 0.241 e. The average Bonchev–Trinajstić information content (AvgIpc) is 2.60. The maximum absolute atomic E-state index is 11.4. The van der Waals surface area contributed by atoms with Crippen molar-refractivity contribution in [1.29, 1.82) is 0 Å². The normalized spacial score (nSPS) is 12.4. The lowest BCUT2D eigenvalue weighted by Gasteiger charge is -2.10. The van der Waals surface area contributed by atoms with E-state index in [-0.39, 0.29) is 18.6 Å². The molecule has 3 N–H and O–H groups in total. The summed E-state index contributed by atoms with van der Waals surface area (Å²) in [6.45, 7) is 2.55. The van der Waals surface area contributed by atoms with Crippen molar-refractivity contribution >= 4 is 11.7 Å². The van der Waals surface area contributed by atoms with Crippen molar-refractivity contribution in [2.75, 3.05) is 19.4 Å². The molecule has 1 unspecified atom stereocenters. The minimum absolute atomic E-state index is 0.0108. The molecule has 1 aromatic rings. The molecule has 6 heteroatoms. The number of carbonyl (C=O) groups is 1. The standard InChI is InChI=1S/C9H16N4O2/c1-7(15-2)5-11-9(14)6-13-4-3-8(10)12-13/h3-4,7H,5-6H2,1-2H3,(H2,10,12)(H,11,14). The van der Waals surface area contributed by atoms with Crippen molar-refractivity contribution in [3.8, 4) is 0 Å². The van der Waals surface area contributed by atoms with Gasteiger partial charge in [-0.3, -0.25) is 9.48 Å². The fourth-order valence-electron chi connectivity index (χ4n) is 1.01. The monoisotopic (exact) mass is 212 g/mol. The largest absolute Gasteiger partial charge is 0.382 e. The summed E-state index contributed by atoms with van der Waals surface area (Å²) < 4.78 is 6.49. The van der Waals surface area contributed by atoms with Crippen LogP contribution in [0.3, 0.4) is 0 Å². The number of amides is 1. The van der Waals surface area contributed by atoms with Gasteiger partial charge in [0, 0.05) is 19.9 Å². The Morgan fingerprint density at radius 1 is 1.80 bits per heavy atom. The number of aromatic nitrogens is 2. The third-order valence-corrected chi connectivity index (χ3v) is 1.96. The van der Waals surface area contributed by atoms with Gasteiger partial charge in [0.05, 0.1) is 6.10 Å². The van der Waals surface area contributed by atoms with E-state index < -0.39 is 0 Å². The molecule has 0 bridgehead atoms. The topological polar surface area (TPSA) is 82.2 Å². The zero-order valence-electron chi connectivity index (χ0n) is 8.93. The molecule has 0 aliphatic carbocycles. The molecule has 0 aromatic carbocycles. The van der Waals surface area contributed by atoms with Gasteiger partial charge in [-0.15, -0.1) is 0 Å². The van der Waals surface area contributed by atoms with Crippen molar-refractivity contribution in [2.45, 2.75) is 19.6 Å². The smallest absolute Gasteiger partial charge is 0.241 e. The zero-order chi connectivity index (χ0) is 11.3. The van der Waals surface area contributed by atoms with Crippen molar-refractivity contribution in [3.63, 3.8) is 0 Å². The fraction of sp³-hybridized carbons (Fsp3) is 0.556. The molecule has 1 heterocycles. The maximum atomic E-state index is 11.4. The Hall–Kier alpha value is -1.56. The van der Waals surface area contributed by atoms with Crippen molar-refractivity contribution in [1.82, 2.24) is 15.1 Å².